The van der Waals surface area contributed by atoms with Crippen molar-refractivity contribution in [2.75, 3.05) is 27.4 Å². The van der Waals surface area contributed by atoms with E-state index in [1.165, 1.54) is 14.2 Å². The number of nitrogens with one attached hydrogen (secondary N) is 1. The summed E-state index contributed by atoms with van der Waals surface area (Å²) < 4.78 is 63.4. The third kappa shape index (κ3) is 4.58. The lowest BCUT2D eigenvalue weighted by molar-refractivity contribution is 0.0320. The summed E-state index contributed by atoms with van der Waals surface area (Å²) in [5.74, 6) is -2.56. The number of benzene rings is 1. The van der Waals surface area contributed by atoms with E-state index in [4.69, 9.17) is 21.1 Å². The molecule has 120 valence electrons. The molecule has 0 aliphatic carbocycles. The molecule has 0 fully saturated rings. The molecule has 0 amide bonds. The van der Waals surface area contributed by atoms with Gasteiger partial charge in [-0.05, 0) is 12.1 Å². The molecule has 0 saturated carbocycles. The Labute approximate surface area is 127 Å². The number of rotatable bonds is 8. The Morgan fingerprint density at radius 1 is 1.33 bits per heavy atom. The maximum Gasteiger partial charge on any atom is 0.243 e. The summed E-state index contributed by atoms with van der Waals surface area (Å²) >= 11 is 5.42. The molecule has 0 saturated heterocycles. The SMILES string of the molecule is COCC(CNS(=O)(=O)c1ccc(F)c(CCl)c1F)OC. The number of hydrogen-bond acceptors (Lipinski definition) is 4. The maximum absolute atomic E-state index is 14.0. The van der Waals surface area contributed by atoms with Gasteiger partial charge in [0.1, 0.15) is 10.7 Å². The Bertz CT molecular complexity index is 583. The number of methoxy groups -OCH3 is 2. The number of sulfonamides is 1. The van der Waals surface area contributed by atoms with Crippen LogP contribution < -0.4 is 4.72 Å². The van der Waals surface area contributed by atoms with Crippen molar-refractivity contribution >= 4 is 21.6 Å². The summed E-state index contributed by atoms with van der Waals surface area (Å²) in [5.41, 5.74) is -0.486. The predicted octanol–water partition coefficient (Wildman–Crippen LogP) is 1.64. The number of ether oxygens (including phenoxy) is 2. The van der Waals surface area contributed by atoms with Gasteiger partial charge >= 0.3 is 0 Å². The van der Waals surface area contributed by atoms with E-state index in [2.05, 4.69) is 4.72 Å². The summed E-state index contributed by atoms with van der Waals surface area (Å²) in [7, 11) is -1.32. The molecule has 1 aromatic carbocycles. The molecule has 1 aromatic rings. The first-order valence-corrected chi connectivity index (χ1v) is 7.93. The van der Waals surface area contributed by atoms with Gasteiger partial charge in [-0.15, -0.1) is 11.6 Å². The Morgan fingerprint density at radius 3 is 2.52 bits per heavy atom. The molecule has 0 aliphatic rings. The van der Waals surface area contributed by atoms with E-state index in [0.29, 0.717) is 0 Å². The minimum Gasteiger partial charge on any atom is -0.382 e. The van der Waals surface area contributed by atoms with Gasteiger partial charge < -0.3 is 9.47 Å². The zero-order valence-electron chi connectivity index (χ0n) is 11.5. The molecule has 0 spiro atoms. The summed E-state index contributed by atoms with van der Waals surface area (Å²) in [6.07, 6.45) is -0.527. The van der Waals surface area contributed by atoms with E-state index in [1.807, 2.05) is 0 Å². The fourth-order valence-corrected chi connectivity index (χ4v) is 2.99. The topological polar surface area (TPSA) is 64.6 Å². The van der Waals surface area contributed by atoms with E-state index >= 15 is 0 Å². The van der Waals surface area contributed by atoms with E-state index in [0.717, 1.165) is 12.1 Å². The molecule has 0 radical (unpaired) electrons. The minimum atomic E-state index is -4.15. The molecule has 1 rings (SSSR count). The van der Waals surface area contributed by atoms with Crippen LogP contribution in [-0.4, -0.2) is 41.9 Å². The molecule has 0 aliphatic heterocycles. The third-order valence-electron chi connectivity index (χ3n) is 2.76. The second-order valence-corrected chi connectivity index (χ2v) is 6.14. The summed E-state index contributed by atoms with van der Waals surface area (Å²) in [4.78, 5) is -0.660. The molecular weight excluding hydrogens is 328 g/mol. The highest BCUT2D eigenvalue weighted by Gasteiger charge is 2.24. The van der Waals surface area contributed by atoms with Crippen LogP contribution in [0.15, 0.2) is 17.0 Å². The monoisotopic (exact) mass is 343 g/mol. The van der Waals surface area contributed by atoms with Gasteiger partial charge in [0.25, 0.3) is 0 Å². The summed E-state index contributed by atoms with van der Waals surface area (Å²) in [5, 5.41) is 0. The van der Waals surface area contributed by atoms with Crippen molar-refractivity contribution in [3.05, 3.63) is 29.3 Å². The Balaban J connectivity index is 2.98. The second-order valence-electron chi connectivity index (χ2n) is 4.14. The third-order valence-corrected chi connectivity index (χ3v) is 4.47. The summed E-state index contributed by atoms with van der Waals surface area (Å²) in [6.45, 7) is 0.0531. The highest BCUT2D eigenvalue weighted by molar-refractivity contribution is 7.89. The first kappa shape index (κ1) is 18.2. The predicted molar refractivity (Wildman–Crippen MR) is 73.8 cm³/mol. The lowest BCUT2D eigenvalue weighted by Gasteiger charge is -2.16. The normalized spacial score (nSPS) is 13.4. The zero-order chi connectivity index (χ0) is 16.0. The average molecular weight is 344 g/mol. The lowest BCUT2D eigenvalue weighted by atomic mass is 10.2. The lowest BCUT2D eigenvalue weighted by Crippen LogP contribution is -2.36. The molecule has 0 aromatic heterocycles. The smallest absolute Gasteiger partial charge is 0.243 e. The molecule has 1 unspecified atom stereocenters. The van der Waals surface area contributed by atoms with Gasteiger partial charge in [0, 0.05) is 26.3 Å². The largest absolute Gasteiger partial charge is 0.382 e. The van der Waals surface area contributed by atoms with Gasteiger partial charge in [-0.1, -0.05) is 0 Å². The van der Waals surface area contributed by atoms with Gasteiger partial charge in [-0.25, -0.2) is 21.9 Å². The van der Waals surface area contributed by atoms with E-state index in [-0.39, 0.29) is 13.2 Å². The van der Waals surface area contributed by atoms with Crippen LogP contribution in [0.25, 0.3) is 0 Å². The van der Waals surface area contributed by atoms with E-state index < -0.39 is 44.1 Å². The van der Waals surface area contributed by atoms with Gasteiger partial charge in [0.2, 0.25) is 10.0 Å². The minimum absolute atomic E-state index is 0.111. The molecule has 5 nitrogen and oxygen atoms in total. The molecule has 9 heteroatoms. The zero-order valence-corrected chi connectivity index (χ0v) is 13.1. The second kappa shape index (κ2) is 8.00. The fourth-order valence-electron chi connectivity index (χ4n) is 1.58. The average Bonchev–Trinajstić information content (AvgIpc) is 2.43. The molecule has 0 bridgehead atoms. The van der Waals surface area contributed by atoms with E-state index in [1.54, 1.807) is 0 Å². The van der Waals surface area contributed by atoms with Crippen molar-refractivity contribution in [3.8, 4) is 0 Å². The van der Waals surface area contributed by atoms with Gasteiger partial charge in [0.15, 0.2) is 5.82 Å². The number of halogens is 3. The molecule has 1 atom stereocenters. The van der Waals surface area contributed by atoms with Crippen LogP contribution in [0.2, 0.25) is 0 Å². The van der Waals surface area contributed by atoms with Crippen molar-refractivity contribution in [3.63, 3.8) is 0 Å². The maximum atomic E-state index is 14.0. The van der Waals surface area contributed by atoms with Gasteiger partial charge in [0.05, 0.1) is 18.6 Å². The van der Waals surface area contributed by atoms with Crippen molar-refractivity contribution in [1.82, 2.24) is 4.72 Å². The molecule has 1 N–H and O–H groups in total. The standard InChI is InChI=1S/C12H16ClF2NO4S/c1-19-7-8(20-2)6-16-21(17,18)11-4-3-10(14)9(5-13)12(11)15/h3-4,8,16H,5-7H2,1-2H3. The van der Waals surface area contributed by atoms with Gasteiger partial charge in [-0.3, -0.25) is 0 Å². The molecule has 21 heavy (non-hydrogen) atoms. The first-order valence-electron chi connectivity index (χ1n) is 5.91. The number of hydrogen-bond donors (Lipinski definition) is 1. The molecular formula is C12H16ClF2NO4S. The first-order chi connectivity index (χ1) is 9.87. The Kier molecular flexibility index (Phi) is 6.95. The van der Waals surface area contributed by atoms with E-state index in [9.17, 15) is 17.2 Å². The van der Waals surface area contributed by atoms with Crippen LogP contribution >= 0.6 is 11.6 Å². The van der Waals surface area contributed by atoms with Crippen LogP contribution in [-0.2, 0) is 25.4 Å². The van der Waals surface area contributed by atoms with Crippen molar-refractivity contribution in [2.24, 2.45) is 0 Å². The Hall–Kier alpha value is -0.800. The van der Waals surface area contributed by atoms with Crippen molar-refractivity contribution in [1.29, 1.82) is 0 Å². The van der Waals surface area contributed by atoms with Crippen molar-refractivity contribution < 1.29 is 26.7 Å². The van der Waals surface area contributed by atoms with Gasteiger partial charge in [-0.2, -0.15) is 0 Å². The molecule has 0 heterocycles. The highest BCUT2D eigenvalue weighted by Crippen LogP contribution is 2.22. The summed E-state index contributed by atoms with van der Waals surface area (Å²) in [6, 6.07) is 1.71. The number of alkyl halides is 1. The quantitative estimate of drug-likeness (QED) is 0.729. The highest BCUT2D eigenvalue weighted by atomic mass is 35.5. The van der Waals surface area contributed by atoms with Crippen LogP contribution in [0.4, 0.5) is 8.78 Å². The Morgan fingerprint density at radius 2 is 2.00 bits per heavy atom. The van der Waals surface area contributed by atoms with Crippen molar-refractivity contribution in [2.45, 2.75) is 16.9 Å². The van der Waals surface area contributed by atoms with Crippen LogP contribution in [0.3, 0.4) is 0 Å². The van der Waals surface area contributed by atoms with Crippen LogP contribution in [0.5, 0.6) is 0 Å². The fraction of sp³-hybridized carbons (Fsp3) is 0.500. The van der Waals surface area contributed by atoms with Crippen LogP contribution in [0.1, 0.15) is 5.56 Å². The van der Waals surface area contributed by atoms with Crippen LogP contribution in [0, 0.1) is 11.6 Å².